The van der Waals surface area contributed by atoms with E-state index >= 15 is 0 Å². The monoisotopic (exact) mass is 494 g/mol. The van der Waals surface area contributed by atoms with Gasteiger partial charge < -0.3 is 20.7 Å². The van der Waals surface area contributed by atoms with Crippen molar-refractivity contribution in [2.24, 2.45) is 10.9 Å². The highest BCUT2D eigenvalue weighted by molar-refractivity contribution is 14.0. The van der Waals surface area contributed by atoms with Gasteiger partial charge in [-0.25, -0.2) is 0 Å². The molecule has 8 heteroatoms. The lowest BCUT2D eigenvalue weighted by molar-refractivity contribution is -0.122. The first kappa shape index (κ1) is 22.8. The fraction of sp³-hybridized carbons (Fsp3) is 0.556. The third-order valence-corrected chi connectivity index (χ3v) is 4.27. The number of hydrogen-bond donors (Lipinski definition) is 3. The quantitative estimate of drug-likeness (QED) is 0.214. The highest BCUT2D eigenvalue weighted by Gasteiger charge is 2.28. The van der Waals surface area contributed by atoms with E-state index < -0.39 is 0 Å². The molecule has 0 heterocycles. The van der Waals surface area contributed by atoms with Crippen LogP contribution >= 0.6 is 35.6 Å². The minimum atomic E-state index is 0. The van der Waals surface area contributed by atoms with Gasteiger partial charge in [-0.05, 0) is 43.9 Å². The van der Waals surface area contributed by atoms with Crippen molar-refractivity contribution < 1.29 is 9.53 Å². The summed E-state index contributed by atoms with van der Waals surface area (Å²) in [5, 5.41) is 10.0. The maximum atomic E-state index is 11.6. The second kappa shape index (κ2) is 12.2. The number of hydrogen-bond acceptors (Lipinski definition) is 3. The molecule has 0 saturated heterocycles. The summed E-state index contributed by atoms with van der Waals surface area (Å²) in [5.74, 6) is 1.90. The van der Waals surface area contributed by atoms with Crippen LogP contribution in [0, 0.1) is 5.92 Å². The number of methoxy groups -OCH3 is 1. The van der Waals surface area contributed by atoms with Crippen LogP contribution in [0.1, 0.15) is 25.3 Å². The summed E-state index contributed by atoms with van der Waals surface area (Å²) >= 11 is 6.25. The molecule has 1 fully saturated rings. The summed E-state index contributed by atoms with van der Waals surface area (Å²) < 4.78 is 5.15. The standard InChI is InChI=1S/C18H27ClN4O2.HI/c1-3-20-18(23-11-10-21-17(24)14-4-5-14)22-9-8-13-6-7-15(25-2)12-16(13)19;/h6-7,12,14H,3-5,8-11H2,1-2H3,(H,21,24)(H2,20,22,23);1H. The Morgan fingerprint density at radius 3 is 2.62 bits per heavy atom. The van der Waals surface area contributed by atoms with Gasteiger partial charge in [-0.15, -0.1) is 24.0 Å². The number of rotatable bonds is 9. The second-order valence-electron chi connectivity index (χ2n) is 5.96. The highest BCUT2D eigenvalue weighted by atomic mass is 127. The van der Waals surface area contributed by atoms with Crippen molar-refractivity contribution in [3.05, 3.63) is 28.8 Å². The number of carbonyl (C=O) groups is 1. The van der Waals surface area contributed by atoms with Crippen LogP contribution in [0.15, 0.2) is 23.2 Å². The van der Waals surface area contributed by atoms with E-state index in [-0.39, 0.29) is 35.8 Å². The van der Waals surface area contributed by atoms with Crippen LogP contribution < -0.4 is 20.7 Å². The molecule has 0 atom stereocenters. The van der Waals surface area contributed by atoms with Gasteiger partial charge in [-0.1, -0.05) is 17.7 Å². The normalized spacial score (nSPS) is 13.6. The van der Waals surface area contributed by atoms with Crippen molar-refractivity contribution in [1.82, 2.24) is 16.0 Å². The van der Waals surface area contributed by atoms with E-state index in [0.29, 0.717) is 24.7 Å². The predicted octanol–water partition coefficient (Wildman–Crippen LogP) is 2.59. The molecule has 0 spiro atoms. The molecule has 6 nitrogen and oxygen atoms in total. The molecule has 1 aromatic carbocycles. The fourth-order valence-electron chi connectivity index (χ4n) is 2.34. The molecule has 26 heavy (non-hydrogen) atoms. The number of amides is 1. The van der Waals surface area contributed by atoms with E-state index in [0.717, 1.165) is 43.1 Å². The van der Waals surface area contributed by atoms with Gasteiger partial charge in [0.25, 0.3) is 0 Å². The van der Waals surface area contributed by atoms with E-state index in [1.54, 1.807) is 7.11 Å². The lowest BCUT2D eigenvalue weighted by Gasteiger charge is -2.12. The summed E-state index contributed by atoms with van der Waals surface area (Å²) in [6, 6.07) is 5.67. The largest absolute Gasteiger partial charge is 0.497 e. The van der Waals surface area contributed by atoms with E-state index in [1.807, 2.05) is 25.1 Å². The Balaban J connectivity index is 0.00000338. The molecule has 2 rings (SSSR count). The Morgan fingerprint density at radius 2 is 2.00 bits per heavy atom. The van der Waals surface area contributed by atoms with Crippen molar-refractivity contribution in [3.8, 4) is 5.75 Å². The zero-order valence-electron chi connectivity index (χ0n) is 15.3. The molecule has 146 valence electrons. The summed E-state index contributed by atoms with van der Waals surface area (Å²) in [7, 11) is 1.62. The van der Waals surface area contributed by atoms with Gasteiger partial charge >= 0.3 is 0 Å². The molecule has 3 N–H and O–H groups in total. The maximum Gasteiger partial charge on any atom is 0.223 e. The Bertz CT molecular complexity index is 609. The number of aliphatic imine (C=N–C) groups is 1. The molecule has 0 radical (unpaired) electrons. The number of nitrogens with one attached hydrogen (secondary N) is 3. The van der Waals surface area contributed by atoms with Crippen LogP contribution in [-0.2, 0) is 11.2 Å². The van der Waals surface area contributed by atoms with Crippen molar-refractivity contribution >= 4 is 47.4 Å². The molecule has 1 aliphatic carbocycles. The molecule has 1 aliphatic rings. The van der Waals surface area contributed by atoms with E-state index in [4.69, 9.17) is 16.3 Å². The van der Waals surface area contributed by atoms with Gasteiger partial charge in [0.05, 0.1) is 7.11 Å². The molecule has 1 saturated carbocycles. The van der Waals surface area contributed by atoms with Crippen LogP contribution in [0.2, 0.25) is 5.02 Å². The molecule has 1 amide bonds. The second-order valence-corrected chi connectivity index (χ2v) is 6.37. The summed E-state index contributed by atoms with van der Waals surface area (Å²) in [6.07, 6.45) is 2.80. The Labute approximate surface area is 177 Å². The van der Waals surface area contributed by atoms with Crippen LogP contribution in [0.25, 0.3) is 0 Å². The lowest BCUT2D eigenvalue weighted by atomic mass is 10.1. The average Bonchev–Trinajstić information content (AvgIpc) is 3.44. The zero-order valence-corrected chi connectivity index (χ0v) is 18.4. The molecule has 0 unspecified atom stereocenters. The summed E-state index contributed by atoms with van der Waals surface area (Å²) in [6.45, 7) is 4.67. The van der Waals surface area contributed by atoms with Crippen LogP contribution in [0.4, 0.5) is 0 Å². The minimum absolute atomic E-state index is 0. The van der Waals surface area contributed by atoms with E-state index in [1.165, 1.54) is 0 Å². The third-order valence-electron chi connectivity index (χ3n) is 3.92. The topological polar surface area (TPSA) is 74.8 Å². The molecule has 0 bridgehead atoms. The first-order valence-corrected chi connectivity index (χ1v) is 9.14. The van der Waals surface area contributed by atoms with E-state index in [2.05, 4.69) is 20.9 Å². The first-order valence-electron chi connectivity index (χ1n) is 8.76. The van der Waals surface area contributed by atoms with Crippen molar-refractivity contribution in [1.29, 1.82) is 0 Å². The molecule has 0 aromatic heterocycles. The van der Waals surface area contributed by atoms with Crippen LogP contribution in [0.3, 0.4) is 0 Å². The first-order chi connectivity index (χ1) is 12.1. The smallest absolute Gasteiger partial charge is 0.223 e. The van der Waals surface area contributed by atoms with Gasteiger partial charge in [0.15, 0.2) is 5.96 Å². The van der Waals surface area contributed by atoms with Gasteiger partial charge in [0, 0.05) is 37.1 Å². The van der Waals surface area contributed by atoms with Gasteiger partial charge in [-0.2, -0.15) is 0 Å². The van der Waals surface area contributed by atoms with Crippen LogP contribution in [-0.4, -0.2) is 45.2 Å². The number of nitrogens with zero attached hydrogens (tertiary/aromatic N) is 1. The molecular formula is C18H28ClIN4O2. The lowest BCUT2D eigenvalue weighted by Crippen LogP contribution is -2.41. The number of ether oxygens (including phenoxy) is 1. The fourth-order valence-corrected chi connectivity index (χ4v) is 2.61. The van der Waals surface area contributed by atoms with Gasteiger partial charge in [0.2, 0.25) is 5.91 Å². The SMILES string of the molecule is CCNC(=NCCc1ccc(OC)cc1Cl)NCCNC(=O)C1CC1.I. The summed E-state index contributed by atoms with van der Waals surface area (Å²) in [4.78, 5) is 16.1. The average molecular weight is 495 g/mol. The Kier molecular flexibility index (Phi) is 10.7. The third kappa shape index (κ3) is 7.99. The minimum Gasteiger partial charge on any atom is -0.497 e. The molecular weight excluding hydrogens is 467 g/mol. The van der Waals surface area contributed by atoms with E-state index in [9.17, 15) is 4.79 Å². The molecule has 0 aliphatic heterocycles. The molecule has 1 aromatic rings. The predicted molar refractivity (Wildman–Crippen MR) is 117 cm³/mol. The van der Waals surface area contributed by atoms with Gasteiger partial charge in [-0.3, -0.25) is 9.79 Å². The van der Waals surface area contributed by atoms with Crippen LogP contribution in [0.5, 0.6) is 5.75 Å². The number of benzene rings is 1. The summed E-state index contributed by atoms with van der Waals surface area (Å²) in [5.41, 5.74) is 1.04. The Morgan fingerprint density at radius 1 is 1.27 bits per heavy atom. The maximum absolute atomic E-state index is 11.6. The zero-order chi connectivity index (χ0) is 18.1. The van der Waals surface area contributed by atoms with Crippen molar-refractivity contribution in [3.63, 3.8) is 0 Å². The number of carbonyl (C=O) groups excluding carboxylic acids is 1. The van der Waals surface area contributed by atoms with Crippen molar-refractivity contribution in [2.45, 2.75) is 26.2 Å². The Hall–Kier alpha value is -1.22. The number of halogens is 2. The highest BCUT2D eigenvalue weighted by Crippen LogP contribution is 2.28. The van der Waals surface area contributed by atoms with Crippen molar-refractivity contribution in [2.75, 3.05) is 33.3 Å². The van der Waals surface area contributed by atoms with Gasteiger partial charge in [0.1, 0.15) is 5.75 Å². The number of guanidine groups is 1.